The summed E-state index contributed by atoms with van der Waals surface area (Å²) in [5.41, 5.74) is 5.90. The lowest BCUT2D eigenvalue weighted by Crippen LogP contribution is -2.31. The van der Waals surface area contributed by atoms with E-state index >= 15 is 0 Å². The minimum absolute atomic E-state index is 0.413. The fraction of sp³-hybridized carbons (Fsp3) is 1.00. The van der Waals surface area contributed by atoms with Crippen molar-refractivity contribution in [1.29, 1.82) is 0 Å². The zero-order chi connectivity index (χ0) is 9.52. The Labute approximate surface area is 86.2 Å². The van der Waals surface area contributed by atoms with Gasteiger partial charge in [0.25, 0.3) is 0 Å². The van der Waals surface area contributed by atoms with Crippen molar-refractivity contribution in [2.45, 2.75) is 32.2 Å². The first kappa shape index (κ1) is 11.3. The summed E-state index contributed by atoms with van der Waals surface area (Å²) in [6.45, 7) is 5.92. The number of hydrogen-bond donors (Lipinski definition) is 1. The molecule has 0 bridgehead atoms. The molecular weight excluding hydrogens is 180 g/mol. The summed E-state index contributed by atoms with van der Waals surface area (Å²) < 4.78 is 0. The van der Waals surface area contributed by atoms with Crippen LogP contribution in [-0.2, 0) is 0 Å². The van der Waals surface area contributed by atoms with Crippen LogP contribution in [0.2, 0.25) is 0 Å². The number of rotatable bonds is 4. The Bertz CT molecular complexity index is 122. The topological polar surface area (TPSA) is 29.3 Å². The number of nitrogens with two attached hydrogens (primary N) is 1. The van der Waals surface area contributed by atoms with E-state index in [1.165, 1.54) is 44.0 Å². The van der Waals surface area contributed by atoms with E-state index < -0.39 is 0 Å². The van der Waals surface area contributed by atoms with Gasteiger partial charge in [-0.05, 0) is 38.1 Å². The molecule has 0 amide bonds. The van der Waals surface area contributed by atoms with Crippen molar-refractivity contribution in [3.8, 4) is 0 Å². The van der Waals surface area contributed by atoms with Crippen LogP contribution in [-0.4, -0.2) is 42.1 Å². The average molecular weight is 202 g/mol. The molecule has 0 aromatic heterocycles. The van der Waals surface area contributed by atoms with Gasteiger partial charge >= 0.3 is 0 Å². The van der Waals surface area contributed by atoms with Crippen LogP contribution < -0.4 is 5.73 Å². The van der Waals surface area contributed by atoms with E-state index in [1.807, 2.05) is 0 Å². The van der Waals surface area contributed by atoms with Gasteiger partial charge in [-0.15, -0.1) is 0 Å². The maximum absolute atomic E-state index is 5.90. The largest absolute Gasteiger partial charge is 0.328 e. The molecule has 0 aliphatic carbocycles. The van der Waals surface area contributed by atoms with Gasteiger partial charge < -0.3 is 10.6 Å². The molecule has 0 radical (unpaired) electrons. The summed E-state index contributed by atoms with van der Waals surface area (Å²) >= 11 is 2.09. The van der Waals surface area contributed by atoms with Crippen molar-refractivity contribution in [2.24, 2.45) is 5.73 Å². The molecule has 13 heavy (non-hydrogen) atoms. The summed E-state index contributed by atoms with van der Waals surface area (Å²) in [4.78, 5) is 2.56. The molecule has 2 N–H and O–H groups in total. The monoisotopic (exact) mass is 202 g/mol. The van der Waals surface area contributed by atoms with Crippen molar-refractivity contribution in [2.75, 3.05) is 31.1 Å². The summed E-state index contributed by atoms with van der Waals surface area (Å²) in [6.07, 6.45) is 3.63. The van der Waals surface area contributed by atoms with Crippen molar-refractivity contribution >= 4 is 11.8 Å². The van der Waals surface area contributed by atoms with Crippen LogP contribution in [0.25, 0.3) is 0 Å². The van der Waals surface area contributed by atoms with Crippen molar-refractivity contribution < 1.29 is 0 Å². The van der Waals surface area contributed by atoms with E-state index in [-0.39, 0.29) is 0 Å². The lowest BCUT2D eigenvalue weighted by Gasteiger charge is -2.20. The van der Waals surface area contributed by atoms with Crippen LogP contribution in [0.4, 0.5) is 0 Å². The average Bonchev–Trinajstić information content (AvgIpc) is 2.42. The molecule has 1 aliphatic rings. The molecule has 1 aliphatic heterocycles. The molecule has 0 spiro atoms. The van der Waals surface area contributed by atoms with Gasteiger partial charge in [-0.3, -0.25) is 0 Å². The molecule has 1 atom stereocenters. The van der Waals surface area contributed by atoms with E-state index in [2.05, 4.69) is 23.6 Å². The predicted octanol–water partition coefficient (Wildman–Crippen LogP) is 1.55. The third kappa shape index (κ3) is 4.89. The Morgan fingerprint density at radius 2 is 2.23 bits per heavy atom. The van der Waals surface area contributed by atoms with Crippen LogP contribution in [0.5, 0.6) is 0 Å². The Morgan fingerprint density at radius 3 is 3.00 bits per heavy atom. The summed E-state index contributed by atoms with van der Waals surface area (Å²) in [5, 5.41) is 0. The number of thioether (sulfide) groups is 1. The molecular formula is C10H22N2S. The molecule has 0 aromatic carbocycles. The van der Waals surface area contributed by atoms with Crippen molar-refractivity contribution in [1.82, 2.24) is 4.90 Å². The van der Waals surface area contributed by atoms with Crippen LogP contribution in [0.15, 0.2) is 0 Å². The molecule has 2 nitrogen and oxygen atoms in total. The summed E-state index contributed by atoms with van der Waals surface area (Å²) in [5.74, 6) is 2.65. The van der Waals surface area contributed by atoms with E-state index in [0.29, 0.717) is 6.04 Å². The van der Waals surface area contributed by atoms with Gasteiger partial charge in [-0.25, -0.2) is 0 Å². The molecule has 3 heteroatoms. The first-order chi connectivity index (χ1) is 6.33. The highest BCUT2D eigenvalue weighted by Gasteiger charge is 2.09. The second-order valence-electron chi connectivity index (χ2n) is 3.76. The molecule has 1 fully saturated rings. The minimum Gasteiger partial charge on any atom is -0.328 e. The lowest BCUT2D eigenvalue weighted by molar-refractivity contribution is 0.281. The highest BCUT2D eigenvalue weighted by atomic mass is 32.2. The Balaban J connectivity index is 2.11. The normalized spacial score (nSPS) is 22.6. The van der Waals surface area contributed by atoms with Gasteiger partial charge in [0.05, 0.1) is 0 Å². The van der Waals surface area contributed by atoms with E-state index in [0.717, 1.165) is 6.42 Å². The SMILES string of the molecule is CCC(N)CCN1CCCSCC1. The second kappa shape index (κ2) is 6.68. The molecule has 1 saturated heterocycles. The number of hydrogen-bond acceptors (Lipinski definition) is 3. The van der Waals surface area contributed by atoms with E-state index in [9.17, 15) is 0 Å². The summed E-state index contributed by atoms with van der Waals surface area (Å²) in [7, 11) is 0. The Morgan fingerprint density at radius 1 is 1.38 bits per heavy atom. The molecule has 0 aromatic rings. The smallest absolute Gasteiger partial charge is 0.00724 e. The van der Waals surface area contributed by atoms with Crippen LogP contribution in [0.3, 0.4) is 0 Å². The van der Waals surface area contributed by atoms with Crippen LogP contribution >= 0.6 is 11.8 Å². The Kier molecular flexibility index (Phi) is 5.83. The summed E-state index contributed by atoms with van der Waals surface area (Å²) in [6, 6.07) is 0.413. The minimum atomic E-state index is 0.413. The maximum Gasteiger partial charge on any atom is 0.00724 e. The quantitative estimate of drug-likeness (QED) is 0.750. The zero-order valence-electron chi connectivity index (χ0n) is 8.67. The van der Waals surface area contributed by atoms with E-state index in [1.54, 1.807) is 0 Å². The molecule has 1 heterocycles. The fourth-order valence-electron chi connectivity index (χ4n) is 1.57. The first-order valence-corrected chi connectivity index (χ1v) is 6.54. The van der Waals surface area contributed by atoms with Crippen molar-refractivity contribution in [3.63, 3.8) is 0 Å². The van der Waals surface area contributed by atoms with Gasteiger partial charge in [-0.2, -0.15) is 11.8 Å². The third-order valence-electron chi connectivity index (χ3n) is 2.66. The second-order valence-corrected chi connectivity index (χ2v) is 4.99. The molecule has 78 valence electrons. The third-order valence-corrected chi connectivity index (χ3v) is 3.70. The zero-order valence-corrected chi connectivity index (χ0v) is 9.48. The van der Waals surface area contributed by atoms with Gasteiger partial charge in [0.15, 0.2) is 0 Å². The van der Waals surface area contributed by atoms with Crippen LogP contribution in [0, 0.1) is 0 Å². The van der Waals surface area contributed by atoms with E-state index in [4.69, 9.17) is 5.73 Å². The van der Waals surface area contributed by atoms with Gasteiger partial charge in [-0.1, -0.05) is 6.92 Å². The fourth-order valence-corrected chi connectivity index (χ4v) is 2.50. The molecule has 0 saturated carbocycles. The van der Waals surface area contributed by atoms with Gasteiger partial charge in [0.1, 0.15) is 0 Å². The molecule has 1 rings (SSSR count). The highest BCUT2D eigenvalue weighted by Crippen LogP contribution is 2.10. The first-order valence-electron chi connectivity index (χ1n) is 5.38. The van der Waals surface area contributed by atoms with Crippen LogP contribution in [0.1, 0.15) is 26.2 Å². The predicted molar refractivity (Wildman–Crippen MR) is 61.3 cm³/mol. The maximum atomic E-state index is 5.90. The van der Waals surface area contributed by atoms with Gasteiger partial charge in [0, 0.05) is 18.3 Å². The lowest BCUT2D eigenvalue weighted by atomic mass is 10.1. The van der Waals surface area contributed by atoms with Gasteiger partial charge in [0.2, 0.25) is 0 Å². The highest BCUT2D eigenvalue weighted by molar-refractivity contribution is 7.99. The standard InChI is InChI=1S/C10H22N2S/c1-2-10(11)4-6-12-5-3-8-13-9-7-12/h10H,2-9,11H2,1H3. The molecule has 1 unspecified atom stereocenters. The number of nitrogens with zero attached hydrogens (tertiary/aromatic N) is 1. The Hall–Kier alpha value is 0.270. The van der Waals surface area contributed by atoms with Crippen molar-refractivity contribution in [3.05, 3.63) is 0 Å².